The molecule has 0 saturated heterocycles. The fraction of sp³-hybridized carbons (Fsp3) is 0. The third-order valence-electron chi connectivity index (χ3n) is 9.13. The molecule has 0 radical (unpaired) electrons. The molecular formula is C44H26N4OS. The Morgan fingerprint density at radius 2 is 1.00 bits per heavy atom. The number of hydrogen-bond acceptors (Lipinski definition) is 6. The fourth-order valence-electron chi connectivity index (χ4n) is 6.68. The summed E-state index contributed by atoms with van der Waals surface area (Å²) < 4.78 is 7.55. The van der Waals surface area contributed by atoms with Crippen LogP contribution in [0.5, 0.6) is 0 Å². The zero-order chi connectivity index (χ0) is 33.0. The average molecular weight is 659 g/mol. The van der Waals surface area contributed by atoms with E-state index in [0.717, 1.165) is 81.3 Å². The number of hydrogen-bond donors (Lipinski definition) is 0. The molecule has 0 amide bonds. The van der Waals surface area contributed by atoms with Crippen LogP contribution >= 0.6 is 11.3 Å². The second-order valence-electron chi connectivity index (χ2n) is 12.3. The maximum atomic E-state index is 6.43. The predicted octanol–water partition coefficient (Wildman–Crippen LogP) is 11.9. The summed E-state index contributed by atoms with van der Waals surface area (Å²) in [5.74, 6) is 1.94. The highest BCUT2D eigenvalue weighted by Gasteiger charge is 2.17. The largest absolute Gasteiger partial charge is 0.456 e. The van der Waals surface area contributed by atoms with E-state index in [9.17, 15) is 0 Å². The summed E-state index contributed by atoms with van der Waals surface area (Å²) >= 11 is 1.69. The first-order chi connectivity index (χ1) is 24.7. The van der Waals surface area contributed by atoms with Crippen LogP contribution < -0.4 is 0 Å². The molecule has 0 bridgehead atoms. The molecule has 7 aromatic carbocycles. The molecule has 0 fully saturated rings. The van der Waals surface area contributed by atoms with E-state index in [2.05, 4.69) is 72.8 Å². The smallest absolute Gasteiger partial charge is 0.164 e. The van der Waals surface area contributed by atoms with Gasteiger partial charge in [-0.2, -0.15) is 0 Å². The molecule has 10 rings (SSSR count). The van der Waals surface area contributed by atoms with Gasteiger partial charge in [0.2, 0.25) is 0 Å². The summed E-state index contributed by atoms with van der Waals surface area (Å²) in [7, 11) is 0. The zero-order valence-electron chi connectivity index (χ0n) is 26.6. The van der Waals surface area contributed by atoms with Gasteiger partial charge in [0.1, 0.15) is 16.2 Å². The number of nitrogens with zero attached hydrogens (tertiary/aromatic N) is 4. The molecule has 0 aliphatic heterocycles. The van der Waals surface area contributed by atoms with E-state index in [1.54, 1.807) is 11.3 Å². The van der Waals surface area contributed by atoms with Gasteiger partial charge in [0.15, 0.2) is 17.5 Å². The summed E-state index contributed by atoms with van der Waals surface area (Å²) in [5.41, 5.74) is 8.93. The summed E-state index contributed by atoms with van der Waals surface area (Å²) in [6, 6.07) is 54.1. The van der Waals surface area contributed by atoms with Crippen molar-refractivity contribution >= 4 is 54.3 Å². The summed E-state index contributed by atoms with van der Waals surface area (Å²) in [6.07, 6.45) is 0. The Morgan fingerprint density at radius 3 is 1.66 bits per heavy atom. The van der Waals surface area contributed by atoms with Gasteiger partial charge in [0, 0.05) is 39.1 Å². The van der Waals surface area contributed by atoms with E-state index in [0.29, 0.717) is 17.5 Å². The quantitative estimate of drug-likeness (QED) is 0.184. The van der Waals surface area contributed by atoms with Crippen molar-refractivity contribution in [1.29, 1.82) is 0 Å². The Bertz CT molecular complexity index is 2810. The van der Waals surface area contributed by atoms with Gasteiger partial charge in [-0.3, -0.25) is 0 Å². The standard InChI is InChI=1S/C44H26N4OS/c1-4-11-27(12-5-1)41-46-42(28-13-6-2-7-14-28)48-43(47-41)33-22-20-30-23-32(21-19-31(30)24-33)34-17-10-18-37-40(34)35-25-36-39(26-38(35)49-37)50-44(45-36)29-15-8-3-9-16-29/h1-26H. The molecule has 3 aromatic heterocycles. The molecule has 0 atom stereocenters. The van der Waals surface area contributed by atoms with Gasteiger partial charge < -0.3 is 4.42 Å². The number of thiazole rings is 1. The number of fused-ring (bicyclic) bond motifs is 5. The molecule has 0 aliphatic rings. The Balaban J connectivity index is 1.06. The number of furan rings is 1. The molecule has 0 N–H and O–H groups in total. The Kier molecular flexibility index (Phi) is 6.60. The van der Waals surface area contributed by atoms with Crippen molar-refractivity contribution in [2.24, 2.45) is 0 Å². The van der Waals surface area contributed by atoms with Gasteiger partial charge in [0.05, 0.1) is 10.2 Å². The van der Waals surface area contributed by atoms with Crippen molar-refractivity contribution in [3.8, 4) is 55.9 Å². The second-order valence-corrected chi connectivity index (χ2v) is 13.3. The van der Waals surface area contributed by atoms with Crippen LogP contribution in [0.25, 0.3) is 98.8 Å². The lowest BCUT2D eigenvalue weighted by molar-refractivity contribution is 0.669. The van der Waals surface area contributed by atoms with Crippen LogP contribution in [0, 0.1) is 0 Å². The lowest BCUT2D eigenvalue weighted by Crippen LogP contribution is -2.00. The molecule has 10 aromatic rings. The normalized spacial score (nSPS) is 11.6. The molecule has 0 aliphatic carbocycles. The first kappa shape index (κ1) is 28.5. The molecule has 3 heterocycles. The van der Waals surface area contributed by atoms with Crippen molar-refractivity contribution in [2.45, 2.75) is 0 Å². The fourth-order valence-corrected chi connectivity index (χ4v) is 7.66. The highest BCUT2D eigenvalue weighted by Crippen LogP contribution is 2.41. The van der Waals surface area contributed by atoms with Gasteiger partial charge in [-0.05, 0) is 46.2 Å². The van der Waals surface area contributed by atoms with Crippen molar-refractivity contribution in [3.63, 3.8) is 0 Å². The third kappa shape index (κ3) is 4.93. The van der Waals surface area contributed by atoms with Gasteiger partial charge in [-0.25, -0.2) is 19.9 Å². The highest BCUT2D eigenvalue weighted by atomic mass is 32.1. The maximum absolute atomic E-state index is 6.43. The van der Waals surface area contributed by atoms with Crippen molar-refractivity contribution in [1.82, 2.24) is 19.9 Å². The van der Waals surface area contributed by atoms with Crippen molar-refractivity contribution in [3.05, 3.63) is 158 Å². The van der Waals surface area contributed by atoms with Gasteiger partial charge in [-0.15, -0.1) is 11.3 Å². The molecule has 50 heavy (non-hydrogen) atoms. The van der Waals surface area contributed by atoms with E-state index < -0.39 is 0 Å². The van der Waals surface area contributed by atoms with E-state index in [1.807, 2.05) is 84.9 Å². The molecule has 5 nitrogen and oxygen atoms in total. The summed E-state index contributed by atoms with van der Waals surface area (Å²) in [6.45, 7) is 0. The van der Waals surface area contributed by atoms with E-state index in [4.69, 9.17) is 24.4 Å². The van der Waals surface area contributed by atoms with E-state index in [1.165, 1.54) is 0 Å². The minimum Gasteiger partial charge on any atom is -0.456 e. The van der Waals surface area contributed by atoms with Gasteiger partial charge >= 0.3 is 0 Å². The van der Waals surface area contributed by atoms with Crippen LogP contribution in [0.4, 0.5) is 0 Å². The molecule has 0 spiro atoms. The van der Waals surface area contributed by atoms with Gasteiger partial charge in [-0.1, -0.05) is 127 Å². The van der Waals surface area contributed by atoms with Gasteiger partial charge in [0.25, 0.3) is 0 Å². The van der Waals surface area contributed by atoms with E-state index in [-0.39, 0.29) is 0 Å². The lowest BCUT2D eigenvalue weighted by Gasteiger charge is -2.10. The van der Waals surface area contributed by atoms with Crippen LogP contribution in [0.15, 0.2) is 162 Å². The van der Waals surface area contributed by atoms with Crippen LogP contribution in [0.3, 0.4) is 0 Å². The molecule has 0 unspecified atom stereocenters. The Labute approximate surface area is 291 Å². The number of benzene rings is 7. The van der Waals surface area contributed by atoms with Crippen LogP contribution in [0.1, 0.15) is 0 Å². The Hall–Kier alpha value is -6.50. The molecule has 234 valence electrons. The zero-order valence-corrected chi connectivity index (χ0v) is 27.4. The first-order valence-electron chi connectivity index (χ1n) is 16.5. The third-order valence-corrected chi connectivity index (χ3v) is 10.2. The molecular weight excluding hydrogens is 633 g/mol. The lowest BCUT2D eigenvalue weighted by atomic mass is 9.96. The summed E-state index contributed by atoms with van der Waals surface area (Å²) in [4.78, 5) is 19.7. The number of aromatic nitrogens is 4. The molecule has 0 saturated carbocycles. The predicted molar refractivity (Wildman–Crippen MR) is 205 cm³/mol. The Morgan fingerprint density at radius 1 is 0.420 bits per heavy atom. The SMILES string of the molecule is c1ccc(-c2nc(-c3ccccc3)nc(-c3ccc4cc(-c5cccc6oc7cc8sc(-c9ccccc9)nc8cc7c56)ccc4c3)n2)cc1. The van der Waals surface area contributed by atoms with Crippen LogP contribution in [0.2, 0.25) is 0 Å². The van der Waals surface area contributed by atoms with Crippen molar-refractivity contribution < 1.29 is 4.42 Å². The topological polar surface area (TPSA) is 64.7 Å². The minimum absolute atomic E-state index is 0.641. The minimum atomic E-state index is 0.641. The van der Waals surface area contributed by atoms with Crippen LogP contribution in [-0.2, 0) is 0 Å². The molecule has 6 heteroatoms. The highest BCUT2D eigenvalue weighted by molar-refractivity contribution is 7.21. The van der Waals surface area contributed by atoms with E-state index >= 15 is 0 Å². The van der Waals surface area contributed by atoms with Crippen molar-refractivity contribution in [2.75, 3.05) is 0 Å². The van der Waals surface area contributed by atoms with Crippen LogP contribution in [-0.4, -0.2) is 19.9 Å². The summed E-state index contributed by atoms with van der Waals surface area (Å²) in [5, 5.41) is 5.42. The number of rotatable bonds is 5. The average Bonchev–Trinajstić information content (AvgIpc) is 3.78. The second kappa shape index (κ2) is 11.6. The maximum Gasteiger partial charge on any atom is 0.164 e. The monoisotopic (exact) mass is 658 g/mol. The first-order valence-corrected chi connectivity index (χ1v) is 17.3.